The van der Waals surface area contributed by atoms with E-state index in [-0.39, 0.29) is 12.3 Å². The van der Waals surface area contributed by atoms with E-state index in [2.05, 4.69) is 10.1 Å². The molecule has 2 heterocycles. The van der Waals surface area contributed by atoms with Gasteiger partial charge < -0.3 is 14.2 Å². The molecule has 0 N–H and O–H groups in total. The lowest BCUT2D eigenvalue weighted by Crippen LogP contribution is -2.27. The minimum absolute atomic E-state index is 0.0133. The van der Waals surface area contributed by atoms with Gasteiger partial charge in [0.05, 0.1) is 30.8 Å². The fourth-order valence-electron chi connectivity index (χ4n) is 2.55. The third kappa shape index (κ3) is 4.29. The molecule has 0 spiro atoms. The minimum atomic E-state index is -0.0133. The van der Waals surface area contributed by atoms with E-state index in [1.807, 2.05) is 49.6 Å². The lowest BCUT2D eigenvalue weighted by atomic mass is 10.2. The SMILES string of the molecule is CCOc1ccccc1-c1nc(CC(=O)N(C)Cc2cc(C)on2)cs1. The minimum Gasteiger partial charge on any atom is -0.493 e. The number of ether oxygens (including phenoxy) is 1. The van der Waals surface area contributed by atoms with Crippen molar-refractivity contribution < 1.29 is 14.1 Å². The fourth-order valence-corrected chi connectivity index (χ4v) is 3.40. The molecule has 136 valence electrons. The molecule has 0 radical (unpaired) electrons. The molecule has 0 saturated carbocycles. The van der Waals surface area contributed by atoms with Crippen LogP contribution in [-0.4, -0.2) is 34.6 Å². The molecule has 0 aliphatic rings. The standard InChI is InChI=1S/C19H21N3O3S/c1-4-24-17-8-6-5-7-16(17)19-20-15(12-26-19)10-18(23)22(3)11-14-9-13(2)25-21-14/h5-9,12H,4,10-11H2,1-3H3. The summed E-state index contributed by atoms with van der Waals surface area (Å²) in [5.41, 5.74) is 2.44. The first-order valence-electron chi connectivity index (χ1n) is 8.39. The molecule has 0 aliphatic heterocycles. The Balaban J connectivity index is 1.67. The van der Waals surface area contributed by atoms with Crippen LogP contribution in [0.3, 0.4) is 0 Å². The first kappa shape index (κ1) is 18.1. The summed E-state index contributed by atoms with van der Waals surface area (Å²) < 4.78 is 10.7. The van der Waals surface area contributed by atoms with Gasteiger partial charge in [-0.1, -0.05) is 17.3 Å². The second kappa shape index (κ2) is 8.14. The largest absolute Gasteiger partial charge is 0.493 e. The van der Waals surface area contributed by atoms with E-state index in [1.54, 1.807) is 11.9 Å². The van der Waals surface area contributed by atoms with Crippen LogP contribution in [0.15, 0.2) is 40.2 Å². The normalized spacial score (nSPS) is 10.7. The van der Waals surface area contributed by atoms with Crippen LogP contribution in [0.4, 0.5) is 0 Å². The smallest absolute Gasteiger partial charge is 0.228 e. The Hall–Kier alpha value is -2.67. The number of thiazole rings is 1. The number of amides is 1. The first-order chi connectivity index (χ1) is 12.6. The molecule has 1 aromatic carbocycles. The molecule has 7 heteroatoms. The molecule has 3 aromatic rings. The van der Waals surface area contributed by atoms with Crippen molar-refractivity contribution in [1.29, 1.82) is 0 Å². The van der Waals surface area contributed by atoms with Crippen LogP contribution in [0.25, 0.3) is 10.6 Å². The fraction of sp³-hybridized carbons (Fsp3) is 0.316. The first-order valence-corrected chi connectivity index (χ1v) is 9.27. The zero-order valence-electron chi connectivity index (χ0n) is 15.1. The quantitative estimate of drug-likeness (QED) is 0.633. The molecule has 2 aromatic heterocycles. The van der Waals surface area contributed by atoms with Crippen molar-refractivity contribution in [3.8, 4) is 16.3 Å². The highest BCUT2D eigenvalue weighted by Crippen LogP contribution is 2.32. The maximum atomic E-state index is 12.4. The van der Waals surface area contributed by atoms with Crippen LogP contribution in [-0.2, 0) is 17.8 Å². The Morgan fingerprint density at radius 1 is 1.31 bits per heavy atom. The van der Waals surface area contributed by atoms with Gasteiger partial charge in [0.2, 0.25) is 5.91 Å². The Bertz CT molecular complexity index is 888. The number of aryl methyl sites for hydroxylation is 1. The van der Waals surface area contributed by atoms with Crippen LogP contribution in [0.2, 0.25) is 0 Å². The maximum Gasteiger partial charge on any atom is 0.228 e. The summed E-state index contributed by atoms with van der Waals surface area (Å²) in [4.78, 5) is 18.7. The molecule has 0 atom stereocenters. The van der Waals surface area contributed by atoms with Crippen molar-refractivity contribution in [3.05, 3.63) is 52.9 Å². The summed E-state index contributed by atoms with van der Waals surface area (Å²) in [6.45, 7) is 4.80. The highest BCUT2D eigenvalue weighted by atomic mass is 32.1. The van der Waals surface area contributed by atoms with Gasteiger partial charge in [-0.25, -0.2) is 4.98 Å². The van der Waals surface area contributed by atoms with E-state index < -0.39 is 0 Å². The Morgan fingerprint density at radius 2 is 2.12 bits per heavy atom. The number of hydrogen-bond acceptors (Lipinski definition) is 6. The number of carbonyl (C=O) groups is 1. The average Bonchev–Trinajstić information content (AvgIpc) is 3.25. The number of carbonyl (C=O) groups excluding carboxylic acids is 1. The predicted octanol–water partition coefficient (Wildman–Crippen LogP) is 3.71. The number of likely N-dealkylation sites (N-methyl/N-ethyl adjacent to an activating group) is 1. The van der Waals surface area contributed by atoms with Gasteiger partial charge in [-0.15, -0.1) is 11.3 Å². The second-order valence-electron chi connectivity index (χ2n) is 5.93. The zero-order valence-corrected chi connectivity index (χ0v) is 15.9. The monoisotopic (exact) mass is 371 g/mol. The summed E-state index contributed by atoms with van der Waals surface area (Å²) in [6.07, 6.45) is 0.251. The van der Waals surface area contributed by atoms with Crippen molar-refractivity contribution in [2.24, 2.45) is 0 Å². The van der Waals surface area contributed by atoms with Crippen LogP contribution < -0.4 is 4.74 Å². The molecule has 0 unspecified atom stereocenters. The molecule has 3 rings (SSSR count). The van der Waals surface area contributed by atoms with Gasteiger partial charge in [-0.2, -0.15) is 0 Å². The van der Waals surface area contributed by atoms with Gasteiger partial charge in [0, 0.05) is 18.5 Å². The number of aromatic nitrogens is 2. The molecular formula is C19H21N3O3S. The summed E-state index contributed by atoms with van der Waals surface area (Å²) >= 11 is 1.51. The van der Waals surface area contributed by atoms with Gasteiger partial charge in [-0.05, 0) is 26.0 Å². The van der Waals surface area contributed by atoms with Crippen molar-refractivity contribution >= 4 is 17.2 Å². The van der Waals surface area contributed by atoms with Crippen LogP contribution in [0.5, 0.6) is 5.75 Å². The van der Waals surface area contributed by atoms with E-state index in [0.717, 1.165) is 33.5 Å². The van der Waals surface area contributed by atoms with Crippen LogP contribution in [0.1, 0.15) is 24.1 Å². The summed E-state index contributed by atoms with van der Waals surface area (Å²) in [7, 11) is 1.75. The molecule has 0 saturated heterocycles. The lowest BCUT2D eigenvalue weighted by molar-refractivity contribution is -0.129. The Labute approximate surface area is 156 Å². The molecule has 0 aliphatic carbocycles. The van der Waals surface area contributed by atoms with E-state index in [0.29, 0.717) is 13.2 Å². The number of para-hydroxylation sites is 1. The average molecular weight is 371 g/mol. The van der Waals surface area contributed by atoms with Gasteiger partial charge in [-0.3, -0.25) is 4.79 Å². The summed E-state index contributed by atoms with van der Waals surface area (Å²) in [5, 5.41) is 6.69. The van der Waals surface area contributed by atoms with Crippen molar-refractivity contribution in [1.82, 2.24) is 15.0 Å². The second-order valence-corrected chi connectivity index (χ2v) is 6.79. The summed E-state index contributed by atoms with van der Waals surface area (Å²) in [6, 6.07) is 9.63. The van der Waals surface area contributed by atoms with E-state index in [4.69, 9.17) is 9.26 Å². The van der Waals surface area contributed by atoms with Crippen molar-refractivity contribution in [2.75, 3.05) is 13.7 Å². The third-order valence-corrected chi connectivity index (χ3v) is 4.73. The molecule has 26 heavy (non-hydrogen) atoms. The van der Waals surface area contributed by atoms with Gasteiger partial charge in [0.15, 0.2) is 0 Å². The van der Waals surface area contributed by atoms with Gasteiger partial charge in [0.1, 0.15) is 22.2 Å². The van der Waals surface area contributed by atoms with E-state index in [9.17, 15) is 4.79 Å². The predicted molar refractivity (Wildman–Crippen MR) is 100 cm³/mol. The van der Waals surface area contributed by atoms with Gasteiger partial charge in [0.25, 0.3) is 0 Å². The van der Waals surface area contributed by atoms with Gasteiger partial charge >= 0.3 is 0 Å². The Kier molecular flexibility index (Phi) is 5.68. The molecule has 1 amide bonds. The topological polar surface area (TPSA) is 68.5 Å². The van der Waals surface area contributed by atoms with Crippen molar-refractivity contribution in [2.45, 2.75) is 26.8 Å². The third-order valence-electron chi connectivity index (χ3n) is 3.80. The lowest BCUT2D eigenvalue weighted by Gasteiger charge is -2.14. The zero-order chi connectivity index (χ0) is 18.5. The highest BCUT2D eigenvalue weighted by Gasteiger charge is 2.16. The number of rotatable bonds is 7. The molecular weight excluding hydrogens is 350 g/mol. The van der Waals surface area contributed by atoms with Crippen LogP contribution in [0, 0.1) is 6.92 Å². The molecule has 6 nitrogen and oxygen atoms in total. The van der Waals surface area contributed by atoms with E-state index in [1.165, 1.54) is 11.3 Å². The molecule has 0 fully saturated rings. The summed E-state index contributed by atoms with van der Waals surface area (Å²) in [5.74, 6) is 1.53. The Morgan fingerprint density at radius 3 is 2.85 bits per heavy atom. The number of benzene rings is 1. The number of hydrogen-bond donors (Lipinski definition) is 0. The number of nitrogens with zero attached hydrogens (tertiary/aromatic N) is 3. The van der Waals surface area contributed by atoms with Crippen LogP contribution >= 0.6 is 11.3 Å². The van der Waals surface area contributed by atoms with E-state index >= 15 is 0 Å². The highest BCUT2D eigenvalue weighted by molar-refractivity contribution is 7.13. The molecule has 0 bridgehead atoms. The maximum absolute atomic E-state index is 12.4. The van der Waals surface area contributed by atoms with Crippen molar-refractivity contribution in [3.63, 3.8) is 0 Å².